The molecule has 0 fully saturated rings. The first-order chi connectivity index (χ1) is 4.33. The molecule has 0 aromatic heterocycles. The van der Waals surface area contributed by atoms with Crippen molar-refractivity contribution in [2.24, 2.45) is 0 Å². The molecule has 0 N–H and O–H groups in total. The van der Waals surface area contributed by atoms with Crippen LogP contribution in [0.2, 0.25) is 0 Å². The minimum atomic E-state index is 0. The fourth-order valence-electron chi connectivity index (χ4n) is 0.476. The van der Waals surface area contributed by atoms with Crippen LogP contribution in [0.3, 0.4) is 0 Å². The third-order valence-corrected chi connectivity index (χ3v) is 1.12. The second-order valence-electron chi connectivity index (χ2n) is 2.90. The fraction of sp³-hybridized carbons (Fsp3) is 0.571. The maximum absolute atomic E-state index is 11.0. The highest BCUT2D eigenvalue weighted by molar-refractivity contribution is 6.08. The van der Waals surface area contributed by atoms with Crippen LogP contribution in [0, 0.1) is 0 Å². The SMILES string of the molecule is C=C(C)C(=O)C[N+](C)(C)Cl.[Cl-]. The van der Waals surface area contributed by atoms with Crippen molar-refractivity contribution in [2.45, 2.75) is 6.92 Å². The minimum Gasteiger partial charge on any atom is -1.00 e. The van der Waals surface area contributed by atoms with Gasteiger partial charge in [0.25, 0.3) is 0 Å². The molecule has 2 nitrogen and oxygen atoms in total. The molecule has 0 amide bonds. The van der Waals surface area contributed by atoms with Crippen LogP contribution in [0.15, 0.2) is 12.2 Å². The van der Waals surface area contributed by atoms with E-state index in [-0.39, 0.29) is 22.2 Å². The summed E-state index contributed by atoms with van der Waals surface area (Å²) in [7, 11) is 3.50. The lowest BCUT2D eigenvalue weighted by molar-refractivity contribution is -0.761. The van der Waals surface area contributed by atoms with Gasteiger partial charge in [0, 0.05) is 0 Å². The molecule has 0 saturated carbocycles. The van der Waals surface area contributed by atoms with Gasteiger partial charge in [-0.05, 0) is 12.5 Å². The molecule has 0 atom stereocenters. The summed E-state index contributed by atoms with van der Waals surface area (Å²) in [5.41, 5.74) is 0.562. The number of hydrogen-bond acceptors (Lipinski definition) is 1. The molecule has 0 aromatic carbocycles. The number of nitrogens with zero attached hydrogens (tertiary/aromatic N) is 1. The van der Waals surface area contributed by atoms with Gasteiger partial charge < -0.3 is 12.4 Å². The van der Waals surface area contributed by atoms with Crippen molar-refractivity contribution < 1.29 is 21.2 Å². The van der Waals surface area contributed by atoms with E-state index in [2.05, 4.69) is 6.58 Å². The summed E-state index contributed by atoms with van der Waals surface area (Å²) in [4.78, 5) is 11.0. The Bertz CT molecular complexity index is 160. The Labute approximate surface area is 78.9 Å². The molecule has 11 heavy (non-hydrogen) atoms. The number of carbonyl (C=O) groups is 1. The Hall–Kier alpha value is -0.0500. The van der Waals surface area contributed by atoms with Gasteiger partial charge in [-0.1, -0.05) is 6.58 Å². The highest BCUT2D eigenvalue weighted by Crippen LogP contribution is 2.04. The lowest BCUT2D eigenvalue weighted by Gasteiger charge is -2.16. The van der Waals surface area contributed by atoms with Crippen molar-refractivity contribution in [1.29, 1.82) is 0 Å². The fourth-order valence-corrected chi connectivity index (χ4v) is 0.585. The summed E-state index contributed by atoms with van der Waals surface area (Å²) in [6, 6.07) is 0. The van der Waals surface area contributed by atoms with E-state index in [1.807, 2.05) is 0 Å². The molecule has 0 saturated heterocycles. The van der Waals surface area contributed by atoms with E-state index >= 15 is 0 Å². The van der Waals surface area contributed by atoms with Crippen LogP contribution in [-0.2, 0) is 4.79 Å². The zero-order chi connectivity index (χ0) is 8.36. The number of Topliss-reactive ketones (excluding diaryl/α,β-unsaturated/α-hetero) is 1. The zero-order valence-corrected chi connectivity index (χ0v) is 8.54. The molecule has 0 spiro atoms. The largest absolute Gasteiger partial charge is 1.00 e. The number of hydrogen-bond donors (Lipinski definition) is 0. The third kappa shape index (κ3) is 7.85. The molecule has 0 aromatic rings. The summed E-state index contributed by atoms with van der Waals surface area (Å²) in [5.74, 6) is 0.0139. The second kappa shape index (κ2) is 4.75. The van der Waals surface area contributed by atoms with Crippen molar-refractivity contribution >= 4 is 17.6 Å². The van der Waals surface area contributed by atoms with Gasteiger partial charge in [-0.3, -0.25) is 4.79 Å². The highest BCUT2D eigenvalue weighted by Gasteiger charge is 2.17. The van der Waals surface area contributed by atoms with Crippen molar-refractivity contribution in [3.63, 3.8) is 0 Å². The topological polar surface area (TPSA) is 17.1 Å². The monoisotopic (exact) mass is 197 g/mol. The molecule has 0 rings (SSSR count). The van der Waals surface area contributed by atoms with E-state index in [1.54, 1.807) is 21.0 Å². The van der Waals surface area contributed by atoms with Crippen LogP contribution >= 0.6 is 11.8 Å². The average Bonchev–Trinajstić information content (AvgIpc) is 1.60. The first-order valence-corrected chi connectivity index (χ1v) is 3.38. The van der Waals surface area contributed by atoms with Crippen LogP contribution in [0.1, 0.15) is 6.92 Å². The molecule has 0 aliphatic carbocycles. The molecule has 66 valence electrons. The van der Waals surface area contributed by atoms with E-state index in [1.165, 1.54) is 0 Å². The number of carbonyl (C=O) groups excluding carboxylic acids is 1. The van der Waals surface area contributed by atoms with Crippen molar-refractivity contribution in [1.82, 2.24) is 0 Å². The van der Waals surface area contributed by atoms with Gasteiger partial charge in [0.2, 0.25) is 5.78 Å². The lowest BCUT2D eigenvalue weighted by Crippen LogP contribution is -3.00. The summed E-state index contributed by atoms with van der Waals surface area (Å²) in [6.07, 6.45) is 0. The zero-order valence-electron chi connectivity index (χ0n) is 7.03. The van der Waals surface area contributed by atoms with E-state index in [4.69, 9.17) is 11.8 Å². The molecular weight excluding hydrogens is 185 g/mol. The Kier molecular flexibility index (Phi) is 5.85. The minimum absolute atomic E-state index is 0. The van der Waals surface area contributed by atoms with Crippen molar-refractivity contribution in [2.75, 3.05) is 20.6 Å². The smallest absolute Gasteiger partial charge is 0.213 e. The van der Waals surface area contributed by atoms with Crippen molar-refractivity contribution in [3.8, 4) is 0 Å². The molecule has 0 bridgehead atoms. The van der Waals surface area contributed by atoms with E-state index in [0.29, 0.717) is 12.1 Å². The molecule has 0 aliphatic rings. The van der Waals surface area contributed by atoms with Crippen LogP contribution in [0.25, 0.3) is 0 Å². The maximum atomic E-state index is 11.0. The van der Waals surface area contributed by atoms with Gasteiger partial charge in [-0.25, -0.2) is 4.00 Å². The summed E-state index contributed by atoms with van der Waals surface area (Å²) >= 11 is 5.75. The van der Waals surface area contributed by atoms with Crippen molar-refractivity contribution in [3.05, 3.63) is 12.2 Å². The molecule has 0 unspecified atom stereocenters. The van der Waals surface area contributed by atoms with Gasteiger partial charge in [0.1, 0.15) is 0 Å². The Morgan fingerprint density at radius 1 is 1.55 bits per heavy atom. The normalized spacial score (nSPS) is 10.2. The van der Waals surface area contributed by atoms with Crippen LogP contribution < -0.4 is 12.4 Å². The molecule has 0 heterocycles. The van der Waals surface area contributed by atoms with Crippen LogP contribution in [0.4, 0.5) is 0 Å². The van der Waals surface area contributed by atoms with E-state index in [9.17, 15) is 4.79 Å². The lowest BCUT2D eigenvalue weighted by atomic mass is 10.2. The van der Waals surface area contributed by atoms with Gasteiger partial charge in [0.05, 0.1) is 14.1 Å². The summed E-state index contributed by atoms with van der Waals surface area (Å²) in [6.45, 7) is 5.51. The summed E-state index contributed by atoms with van der Waals surface area (Å²) in [5, 5.41) is 0. The standard InChI is InChI=1S/C7H13ClNO.ClH/c1-6(2)7(10)5-9(3,4)8;/h1,5H2,2-4H3;1H/q+1;/p-1. The molecule has 4 heteroatoms. The molecule has 0 aliphatic heterocycles. The number of rotatable bonds is 3. The quantitative estimate of drug-likeness (QED) is 0.393. The predicted octanol–water partition coefficient (Wildman–Crippen LogP) is -1.63. The average molecular weight is 198 g/mol. The number of halogens is 2. The second-order valence-corrected chi connectivity index (χ2v) is 3.81. The maximum Gasteiger partial charge on any atom is 0.213 e. The first-order valence-electron chi connectivity index (χ1n) is 3.04. The number of quaternary nitrogens is 1. The van der Waals surface area contributed by atoms with Crippen LogP contribution in [-0.4, -0.2) is 30.4 Å². The Morgan fingerprint density at radius 3 is 2.00 bits per heavy atom. The number of likely N-dealkylation sites (N-methyl/N-ethyl adjacent to an activating group) is 1. The summed E-state index contributed by atoms with van der Waals surface area (Å²) < 4.78 is 0.145. The third-order valence-electron chi connectivity index (χ3n) is 0.996. The Morgan fingerprint density at radius 2 is 1.91 bits per heavy atom. The Balaban J connectivity index is 0. The van der Waals surface area contributed by atoms with Gasteiger partial charge in [-0.15, -0.1) is 0 Å². The molecule has 0 radical (unpaired) electrons. The van der Waals surface area contributed by atoms with E-state index < -0.39 is 0 Å². The van der Waals surface area contributed by atoms with E-state index in [0.717, 1.165) is 0 Å². The predicted molar refractivity (Wildman–Crippen MR) is 42.6 cm³/mol. The van der Waals surface area contributed by atoms with Gasteiger partial charge in [0.15, 0.2) is 18.3 Å². The van der Waals surface area contributed by atoms with Crippen LogP contribution in [0.5, 0.6) is 0 Å². The highest BCUT2D eigenvalue weighted by atomic mass is 35.5. The number of ketones is 1. The first kappa shape index (κ1) is 13.5. The van der Waals surface area contributed by atoms with Gasteiger partial charge >= 0.3 is 0 Å². The van der Waals surface area contributed by atoms with Gasteiger partial charge in [-0.2, -0.15) is 0 Å². The molecular formula is C7H13Cl2NO.